The van der Waals surface area contributed by atoms with Gasteiger partial charge in [-0.05, 0) is 37.8 Å². The fourth-order valence-corrected chi connectivity index (χ4v) is 6.12. The number of rotatable bonds is 3. The lowest BCUT2D eigenvalue weighted by atomic mass is 10.2. The molecule has 0 bridgehead atoms. The van der Waals surface area contributed by atoms with Crippen molar-refractivity contribution in [3.05, 3.63) is 40.4 Å². The second-order valence-corrected chi connectivity index (χ2v) is 9.66. The zero-order valence-electron chi connectivity index (χ0n) is 16.2. The molecule has 2 aliphatic rings. The van der Waals surface area contributed by atoms with Gasteiger partial charge in [0.15, 0.2) is 11.4 Å². The van der Waals surface area contributed by atoms with E-state index in [0.29, 0.717) is 12.1 Å². The highest BCUT2D eigenvalue weighted by Gasteiger charge is 2.39. The first-order chi connectivity index (χ1) is 14.0. The molecule has 0 saturated carbocycles. The first-order valence-corrected chi connectivity index (χ1v) is 11.4. The lowest BCUT2D eigenvalue weighted by molar-refractivity contribution is 0.370. The van der Waals surface area contributed by atoms with Gasteiger partial charge in [0.05, 0.1) is 16.5 Å². The van der Waals surface area contributed by atoms with Gasteiger partial charge in [0.25, 0.3) is 0 Å². The fraction of sp³-hybridized carbons (Fsp3) is 0.526. The van der Waals surface area contributed by atoms with E-state index in [2.05, 4.69) is 14.8 Å². The number of nitrogens with zero attached hydrogens (tertiary/aromatic N) is 5. The Morgan fingerprint density at radius 1 is 1.10 bits per heavy atom. The minimum Gasteiger partial charge on any atom is -0.408 e. The maximum atomic E-state index is 13.5. The zero-order chi connectivity index (χ0) is 20.2. The monoisotopic (exact) mass is 417 g/mol. The molecule has 154 valence electrons. The molecule has 10 heteroatoms. The Balaban J connectivity index is 1.54. The molecule has 0 amide bonds. The zero-order valence-corrected chi connectivity index (χ0v) is 17.1. The number of fused-ring (bicyclic) bond motifs is 2. The van der Waals surface area contributed by atoms with Crippen LogP contribution < -0.4 is 5.76 Å². The highest BCUT2D eigenvalue weighted by molar-refractivity contribution is 7.89. The summed E-state index contributed by atoms with van der Waals surface area (Å²) in [6.07, 6.45) is 5.68. The Morgan fingerprint density at radius 3 is 2.83 bits per heavy atom. The van der Waals surface area contributed by atoms with Crippen LogP contribution in [0.15, 0.2) is 32.3 Å². The van der Waals surface area contributed by atoms with Gasteiger partial charge in [-0.3, -0.25) is 4.57 Å². The second kappa shape index (κ2) is 6.81. The Kier molecular flexibility index (Phi) is 4.36. The molecule has 0 N–H and O–H groups in total. The van der Waals surface area contributed by atoms with E-state index < -0.39 is 15.8 Å². The van der Waals surface area contributed by atoms with Crippen molar-refractivity contribution in [2.45, 2.75) is 56.0 Å². The SMILES string of the molecule is Cn1c(=O)oc2cc(S(=O)(=O)N3CCCC3c3nnc4n3CCCCC4)ccc21. The molecule has 0 radical (unpaired) electrons. The van der Waals surface area contributed by atoms with Crippen molar-refractivity contribution in [2.24, 2.45) is 7.05 Å². The maximum Gasteiger partial charge on any atom is 0.419 e. The van der Waals surface area contributed by atoms with Crippen LogP contribution in [0.5, 0.6) is 0 Å². The van der Waals surface area contributed by atoms with E-state index in [1.54, 1.807) is 13.1 Å². The first-order valence-electron chi connectivity index (χ1n) is 10.0. The lowest BCUT2D eigenvalue weighted by Gasteiger charge is -2.24. The number of sulfonamides is 1. The number of hydrogen-bond donors (Lipinski definition) is 0. The van der Waals surface area contributed by atoms with Gasteiger partial charge in [-0.2, -0.15) is 4.31 Å². The minimum absolute atomic E-state index is 0.127. The molecular formula is C19H23N5O4S. The Hall–Kier alpha value is -2.46. The summed E-state index contributed by atoms with van der Waals surface area (Å²) in [4.78, 5) is 11.9. The predicted molar refractivity (Wildman–Crippen MR) is 105 cm³/mol. The molecular weight excluding hydrogens is 394 g/mol. The number of oxazole rings is 1. The van der Waals surface area contributed by atoms with Gasteiger partial charge in [0, 0.05) is 32.6 Å². The molecule has 9 nitrogen and oxygen atoms in total. The molecule has 1 saturated heterocycles. The second-order valence-electron chi connectivity index (χ2n) is 7.77. The summed E-state index contributed by atoms with van der Waals surface area (Å²) in [5.74, 6) is 1.18. The quantitative estimate of drug-likeness (QED) is 0.645. The number of benzene rings is 1. The van der Waals surface area contributed by atoms with Crippen molar-refractivity contribution in [3.8, 4) is 0 Å². The Morgan fingerprint density at radius 2 is 1.97 bits per heavy atom. The van der Waals surface area contributed by atoms with Crippen LogP contribution in [0.2, 0.25) is 0 Å². The molecule has 5 rings (SSSR count). The molecule has 2 aliphatic heterocycles. The summed E-state index contributed by atoms with van der Waals surface area (Å²) < 4.78 is 37.1. The minimum atomic E-state index is -3.76. The fourth-order valence-electron chi connectivity index (χ4n) is 4.45. The predicted octanol–water partition coefficient (Wildman–Crippen LogP) is 1.98. The smallest absolute Gasteiger partial charge is 0.408 e. The molecule has 2 aromatic heterocycles. The van der Waals surface area contributed by atoms with Crippen LogP contribution in [0.4, 0.5) is 0 Å². The highest BCUT2D eigenvalue weighted by Crippen LogP contribution is 2.37. The molecule has 1 fully saturated rings. The molecule has 1 atom stereocenters. The number of hydrogen-bond acceptors (Lipinski definition) is 6. The Bertz CT molecular complexity index is 1240. The summed E-state index contributed by atoms with van der Waals surface area (Å²) in [6, 6.07) is 4.26. The third-order valence-electron chi connectivity index (χ3n) is 6.01. The van der Waals surface area contributed by atoms with Crippen LogP contribution in [0.3, 0.4) is 0 Å². The highest BCUT2D eigenvalue weighted by atomic mass is 32.2. The number of aryl methyl sites for hydroxylation is 2. The third-order valence-corrected chi connectivity index (χ3v) is 7.91. The number of aromatic nitrogens is 4. The van der Waals surface area contributed by atoms with Crippen molar-refractivity contribution in [2.75, 3.05) is 6.54 Å². The van der Waals surface area contributed by atoms with Crippen molar-refractivity contribution in [3.63, 3.8) is 0 Å². The molecule has 1 aromatic carbocycles. The van der Waals surface area contributed by atoms with Gasteiger partial charge in [0.2, 0.25) is 10.0 Å². The van der Waals surface area contributed by atoms with Crippen molar-refractivity contribution in [1.82, 2.24) is 23.6 Å². The van der Waals surface area contributed by atoms with E-state index in [9.17, 15) is 13.2 Å². The molecule has 4 heterocycles. The van der Waals surface area contributed by atoms with Crippen LogP contribution in [0.1, 0.15) is 49.8 Å². The summed E-state index contributed by atoms with van der Waals surface area (Å²) >= 11 is 0. The molecule has 3 aromatic rings. The lowest BCUT2D eigenvalue weighted by Crippen LogP contribution is -2.32. The summed E-state index contributed by atoms with van der Waals surface area (Å²) in [6.45, 7) is 1.27. The van der Waals surface area contributed by atoms with Gasteiger partial charge >= 0.3 is 5.76 Å². The summed E-state index contributed by atoms with van der Waals surface area (Å²) in [5, 5.41) is 8.73. The molecule has 1 unspecified atom stereocenters. The molecule has 29 heavy (non-hydrogen) atoms. The summed E-state index contributed by atoms with van der Waals surface area (Å²) in [5.41, 5.74) is 0.834. The van der Waals surface area contributed by atoms with E-state index >= 15 is 0 Å². The van der Waals surface area contributed by atoms with Crippen LogP contribution >= 0.6 is 0 Å². The van der Waals surface area contributed by atoms with Crippen LogP contribution in [0.25, 0.3) is 11.1 Å². The van der Waals surface area contributed by atoms with Gasteiger partial charge in [0.1, 0.15) is 5.82 Å². The average molecular weight is 417 g/mol. The van der Waals surface area contributed by atoms with E-state index in [4.69, 9.17) is 4.42 Å². The largest absolute Gasteiger partial charge is 0.419 e. The van der Waals surface area contributed by atoms with E-state index in [0.717, 1.165) is 56.7 Å². The van der Waals surface area contributed by atoms with Crippen LogP contribution in [-0.4, -0.2) is 38.6 Å². The summed E-state index contributed by atoms with van der Waals surface area (Å²) in [7, 11) is -2.17. The van der Waals surface area contributed by atoms with Gasteiger partial charge < -0.3 is 8.98 Å². The average Bonchev–Trinajstić information content (AvgIpc) is 3.36. The van der Waals surface area contributed by atoms with Crippen molar-refractivity contribution < 1.29 is 12.8 Å². The van der Waals surface area contributed by atoms with Crippen molar-refractivity contribution >= 4 is 21.1 Å². The normalized spacial score (nSPS) is 20.8. The van der Waals surface area contributed by atoms with E-state index in [-0.39, 0.29) is 16.5 Å². The van der Waals surface area contributed by atoms with Crippen LogP contribution in [0, 0.1) is 0 Å². The van der Waals surface area contributed by atoms with Gasteiger partial charge in [-0.25, -0.2) is 13.2 Å². The standard InChI is InChI=1S/C19H23N5O4S/c1-22-14-9-8-13(12-16(14)28-19(22)25)29(26,27)24-11-5-6-15(24)18-21-20-17-7-3-2-4-10-23(17)18/h8-9,12,15H,2-7,10-11H2,1H3. The molecule has 0 aliphatic carbocycles. The van der Waals surface area contributed by atoms with Crippen LogP contribution in [-0.2, 0) is 30.0 Å². The van der Waals surface area contributed by atoms with Gasteiger partial charge in [-0.15, -0.1) is 10.2 Å². The van der Waals surface area contributed by atoms with Crippen molar-refractivity contribution in [1.29, 1.82) is 0 Å². The topological polar surface area (TPSA) is 103 Å². The third kappa shape index (κ3) is 2.93. The van der Waals surface area contributed by atoms with E-state index in [1.807, 2.05) is 0 Å². The maximum absolute atomic E-state index is 13.5. The molecule has 0 spiro atoms. The Labute approximate surface area is 168 Å². The first kappa shape index (κ1) is 18.6. The van der Waals surface area contributed by atoms with E-state index in [1.165, 1.54) is 21.0 Å². The van der Waals surface area contributed by atoms with Gasteiger partial charge in [-0.1, -0.05) is 6.42 Å².